The van der Waals surface area contributed by atoms with E-state index in [1.165, 1.54) is 24.0 Å². The van der Waals surface area contributed by atoms with Gasteiger partial charge in [-0.05, 0) is 161 Å². The van der Waals surface area contributed by atoms with Gasteiger partial charge in [-0.1, -0.05) is 72.6 Å². The molecule has 8 aliphatic rings. The van der Waals surface area contributed by atoms with Gasteiger partial charge < -0.3 is 10.2 Å². The first-order valence-electron chi connectivity index (χ1n) is 19.8. The van der Waals surface area contributed by atoms with Gasteiger partial charge in [-0.25, -0.2) is 0 Å². The molecule has 0 amide bonds. The zero-order chi connectivity index (χ0) is 34.0. The fourth-order valence-corrected chi connectivity index (χ4v) is 19.1. The van der Waals surface area contributed by atoms with Crippen LogP contribution in [0.1, 0.15) is 131 Å². The first-order chi connectivity index (χ1) is 22.7. The monoisotopic (exact) mass is 694 g/mol. The van der Waals surface area contributed by atoms with Crippen molar-refractivity contribution >= 4 is 33.2 Å². The molecule has 8 aliphatic carbocycles. The number of fused-ring (bicyclic) bond motifs is 10. The van der Waals surface area contributed by atoms with Gasteiger partial charge in [0.2, 0.25) is 0 Å². The highest BCUT2D eigenvalue weighted by atomic mass is 33.1. The van der Waals surface area contributed by atoms with Crippen molar-refractivity contribution in [3.8, 4) is 0 Å². The van der Waals surface area contributed by atoms with Crippen molar-refractivity contribution in [2.24, 2.45) is 69.0 Å². The third-order valence-electron chi connectivity index (χ3n) is 17.3. The molecule has 0 aromatic heterocycles. The number of carbonyl (C=O) groups is 2. The van der Waals surface area contributed by atoms with Gasteiger partial charge >= 0.3 is 0 Å². The molecule has 0 bridgehead atoms. The van der Waals surface area contributed by atoms with Crippen LogP contribution in [0.2, 0.25) is 0 Å². The van der Waals surface area contributed by atoms with Crippen LogP contribution in [0.25, 0.3) is 0 Å². The molecule has 4 nitrogen and oxygen atoms in total. The number of hydrogen-bond donors (Lipinski definition) is 2. The molecule has 0 saturated heterocycles. The highest BCUT2D eigenvalue weighted by molar-refractivity contribution is 8.77. The van der Waals surface area contributed by atoms with Crippen LogP contribution in [0.3, 0.4) is 0 Å². The van der Waals surface area contributed by atoms with Crippen LogP contribution in [-0.2, 0) is 9.59 Å². The van der Waals surface area contributed by atoms with Gasteiger partial charge in [0, 0.05) is 22.3 Å². The Labute approximate surface area is 298 Å². The lowest BCUT2D eigenvalue weighted by molar-refractivity contribution is -0.128. The fraction of sp³-hybridized carbons (Fsp3) is 0.857. The molecule has 48 heavy (non-hydrogen) atoms. The number of aliphatic hydroxyl groups excluding tert-OH is 2. The quantitative estimate of drug-likeness (QED) is 0.221. The Hall–Kier alpha value is -0.560. The van der Waals surface area contributed by atoms with Crippen molar-refractivity contribution in [3.05, 3.63) is 23.3 Å². The first-order valence-corrected chi connectivity index (χ1v) is 22.1. The van der Waals surface area contributed by atoms with E-state index in [1.54, 1.807) is 0 Å². The summed E-state index contributed by atoms with van der Waals surface area (Å²) in [4.78, 5) is 27.2. The Morgan fingerprint density at radius 2 is 1.02 bits per heavy atom. The molecule has 2 N–H and O–H groups in total. The van der Waals surface area contributed by atoms with E-state index in [-0.39, 0.29) is 45.7 Å². The number of hydrogen-bond acceptors (Lipinski definition) is 6. The summed E-state index contributed by atoms with van der Waals surface area (Å²) in [5.74, 6) is 4.67. The van der Waals surface area contributed by atoms with Gasteiger partial charge in [0.15, 0.2) is 0 Å². The van der Waals surface area contributed by atoms with E-state index in [1.807, 2.05) is 35.4 Å². The van der Waals surface area contributed by atoms with Gasteiger partial charge in [-0.15, -0.1) is 0 Å². The molecule has 0 unspecified atom stereocenters. The van der Waals surface area contributed by atoms with E-state index < -0.39 is 0 Å². The van der Waals surface area contributed by atoms with Crippen LogP contribution in [-0.4, -0.2) is 44.5 Å². The SMILES string of the molecule is CC(=O)[C@@H]1[C@H](SS[C@H]2C[C@@H]3[C@@H]4CC=C5C[C@H](O)CC[C@@]5(C)[C@@H]4CC[C@@]3(C)[C@@H]2C(C)=O)C[C@@H]2[C@@H]3CC=C4C[C@H](O)CC[C@]4(C)[C@@H]3CC[C@@]21C. The molecule has 0 aromatic carbocycles. The molecule has 8 rings (SSSR count). The second-order valence-corrected chi connectivity index (χ2v) is 22.1. The highest BCUT2D eigenvalue weighted by Crippen LogP contribution is 2.71. The lowest BCUT2D eigenvalue weighted by Crippen LogP contribution is -2.51. The Bertz CT molecular complexity index is 1300. The van der Waals surface area contributed by atoms with Crippen molar-refractivity contribution in [1.29, 1.82) is 0 Å². The lowest BCUT2D eigenvalue weighted by atomic mass is 9.47. The van der Waals surface area contributed by atoms with Gasteiger partial charge in [0.1, 0.15) is 11.6 Å². The lowest BCUT2D eigenvalue weighted by Gasteiger charge is -2.57. The van der Waals surface area contributed by atoms with Gasteiger partial charge in [-0.3, -0.25) is 9.59 Å². The third kappa shape index (κ3) is 4.97. The Kier molecular flexibility index (Phi) is 8.62. The van der Waals surface area contributed by atoms with E-state index in [9.17, 15) is 19.8 Å². The third-order valence-corrected chi connectivity index (χ3v) is 20.7. The van der Waals surface area contributed by atoms with Gasteiger partial charge in [-0.2, -0.15) is 0 Å². The van der Waals surface area contributed by atoms with E-state index in [2.05, 4.69) is 39.8 Å². The summed E-state index contributed by atoms with van der Waals surface area (Å²) in [5, 5.41) is 21.6. The molecule has 0 heterocycles. The molecule has 0 aromatic rings. The molecule has 6 heteroatoms. The van der Waals surface area contributed by atoms with Crippen molar-refractivity contribution in [3.63, 3.8) is 0 Å². The molecular weight excluding hydrogens is 633 g/mol. The van der Waals surface area contributed by atoms with E-state index in [0.29, 0.717) is 57.6 Å². The van der Waals surface area contributed by atoms with Crippen LogP contribution in [0.5, 0.6) is 0 Å². The van der Waals surface area contributed by atoms with E-state index >= 15 is 0 Å². The maximum Gasteiger partial charge on any atom is 0.134 e. The second kappa shape index (κ2) is 12.0. The summed E-state index contributed by atoms with van der Waals surface area (Å²) in [6.07, 6.45) is 19.6. The van der Waals surface area contributed by atoms with Gasteiger partial charge in [0.25, 0.3) is 0 Å². The summed E-state index contributed by atoms with van der Waals surface area (Å²) >= 11 is 0. The average molecular weight is 695 g/mol. The zero-order valence-electron chi connectivity index (χ0n) is 30.5. The molecule has 6 fully saturated rings. The minimum absolute atomic E-state index is 0.0547. The van der Waals surface area contributed by atoms with Crippen molar-refractivity contribution in [2.45, 2.75) is 154 Å². The van der Waals surface area contributed by atoms with Crippen LogP contribution >= 0.6 is 21.6 Å². The molecule has 266 valence electrons. The fourth-order valence-electron chi connectivity index (χ4n) is 15.0. The van der Waals surface area contributed by atoms with Crippen molar-refractivity contribution in [2.75, 3.05) is 0 Å². The minimum atomic E-state index is -0.177. The van der Waals surface area contributed by atoms with Crippen molar-refractivity contribution < 1.29 is 19.8 Å². The van der Waals surface area contributed by atoms with E-state index in [4.69, 9.17) is 0 Å². The van der Waals surface area contributed by atoms with Crippen LogP contribution < -0.4 is 0 Å². The first kappa shape index (κ1) is 34.5. The second-order valence-electron chi connectivity index (χ2n) is 19.3. The number of Topliss-reactive ketones (excluding diaryl/α,β-unsaturated/α-hetero) is 2. The molecule has 16 atom stereocenters. The molecule has 0 radical (unpaired) electrons. The molecule has 0 aliphatic heterocycles. The largest absolute Gasteiger partial charge is 0.393 e. The predicted octanol–water partition coefficient (Wildman–Crippen LogP) is 9.38. The summed E-state index contributed by atoms with van der Waals surface area (Å²) in [6, 6.07) is 0. The Morgan fingerprint density at radius 1 is 0.625 bits per heavy atom. The maximum atomic E-state index is 13.6. The molecule has 0 spiro atoms. The Morgan fingerprint density at radius 3 is 1.40 bits per heavy atom. The molecule has 6 saturated carbocycles. The number of rotatable bonds is 5. The maximum absolute atomic E-state index is 13.6. The highest BCUT2D eigenvalue weighted by Gasteiger charge is 2.64. The van der Waals surface area contributed by atoms with Crippen molar-refractivity contribution in [1.82, 2.24) is 0 Å². The number of ketones is 2. The summed E-state index contributed by atoms with van der Waals surface area (Å²) < 4.78 is 0. The zero-order valence-corrected chi connectivity index (χ0v) is 32.1. The number of aliphatic hydroxyl groups is 2. The summed E-state index contributed by atoms with van der Waals surface area (Å²) in [7, 11) is 4.02. The summed E-state index contributed by atoms with van der Waals surface area (Å²) in [6.45, 7) is 13.7. The normalized spacial score (nSPS) is 54.0. The van der Waals surface area contributed by atoms with Crippen LogP contribution in [0.4, 0.5) is 0 Å². The van der Waals surface area contributed by atoms with E-state index in [0.717, 1.165) is 77.0 Å². The van der Waals surface area contributed by atoms with Crippen LogP contribution in [0, 0.1) is 69.0 Å². The Balaban J connectivity index is 1.02. The number of allylic oxidation sites excluding steroid dienone is 2. The van der Waals surface area contributed by atoms with Gasteiger partial charge in [0.05, 0.1) is 12.2 Å². The number of carbonyl (C=O) groups excluding carboxylic acids is 2. The molecular formula is C42H62O4S2. The standard InChI is InChI=1S/C42H62O4S2/c1-23(43)37-35(21-33-29-9-7-25-19-27(45)11-15-39(25,3)31(29)13-17-41(33,37)5)47-48-36-22-34-30-10-8-26-20-28(46)12-16-40(26,4)32(30)14-18-42(34,6)38(36)24(2)44/h7-8,27-38,45-46H,9-22H2,1-6H3/t27-,28-,29-,30-,31-,32-,33-,34-,35-,36+,37-,38-,39+,40-,41+,42-/m1/s1. The predicted molar refractivity (Wildman–Crippen MR) is 197 cm³/mol. The average Bonchev–Trinajstić information content (AvgIpc) is 3.51. The van der Waals surface area contributed by atoms with Crippen LogP contribution in [0.15, 0.2) is 23.3 Å². The summed E-state index contributed by atoms with van der Waals surface area (Å²) in [5.41, 5.74) is 3.56. The smallest absolute Gasteiger partial charge is 0.134 e. The topological polar surface area (TPSA) is 74.6 Å². The minimum Gasteiger partial charge on any atom is -0.393 e.